The van der Waals surface area contributed by atoms with Crippen LogP contribution in [-0.2, 0) is 13.6 Å². The minimum absolute atomic E-state index is 0.149. The molecule has 10 nitrogen and oxygen atoms in total. The number of carbonyl (C=O) groups excluding carboxylic acids is 2. The van der Waals surface area contributed by atoms with E-state index in [1.165, 1.54) is 31.5 Å². The SMILES string of the molecule is Cn1cc(-c2cnc(N)c(C(=O)N[C@@H]3CCN(C(=O)Oc4cccc(-c5ccc(CN6CCCC6)cc5)c4)C3)c2)cn1. The fraction of sp³-hybridized carbons (Fsp3) is 0.312. The minimum atomic E-state index is -0.440. The van der Waals surface area contributed by atoms with Crippen LogP contribution in [0, 0.1) is 0 Å². The van der Waals surface area contributed by atoms with E-state index in [4.69, 9.17) is 10.5 Å². The summed E-state index contributed by atoms with van der Waals surface area (Å²) in [5.41, 5.74) is 11.3. The van der Waals surface area contributed by atoms with Gasteiger partial charge in [0.05, 0.1) is 11.8 Å². The Kier molecular flexibility index (Phi) is 7.87. The maximum Gasteiger partial charge on any atom is 0.415 e. The molecule has 2 aromatic carbocycles. The number of anilines is 1. The number of rotatable bonds is 7. The number of nitrogen functional groups attached to an aromatic ring is 1. The molecule has 3 N–H and O–H groups in total. The normalized spacial score (nSPS) is 17.0. The fourth-order valence-corrected chi connectivity index (χ4v) is 5.60. The molecule has 0 radical (unpaired) electrons. The second kappa shape index (κ2) is 12.0. The average Bonchev–Trinajstić information content (AvgIpc) is 3.77. The van der Waals surface area contributed by atoms with Crippen LogP contribution in [0.15, 0.2) is 73.2 Å². The Hall–Kier alpha value is -4.70. The van der Waals surface area contributed by atoms with Gasteiger partial charge in [-0.3, -0.25) is 14.4 Å². The molecule has 42 heavy (non-hydrogen) atoms. The lowest BCUT2D eigenvalue weighted by molar-refractivity contribution is 0.0937. The van der Waals surface area contributed by atoms with Gasteiger partial charge in [-0.25, -0.2) is 9.78 Å². The zero-order valence-corrected chi connectivity index (χ0v) is 23.7. The zero-order chi connectivity index (χ0) is 29.1. The van der Waals surface area contributed by atoms with Gasteiger partial charge in [0.1, 0.15) is 11.6 Å². The van der Waals surface area contributed by atoms with Crippen molar-refractivity contribution in [3.63, 3.8) is 0 Å². The van der Waals surface area contributed by atoms with Crippen molar-refractivity contribution in [1.29, 1.82) is 0 Å². The summed E-state index contributed by atoms with van der Waals surface area (Å²) in [6.07, 6.45) is 7.91. The lowest BCUT2D eigenvalue weighted by Crippen LogP contribution is -2.39. The number of aryl methyl sites for hydroxylation is 1. The van der Waals surface area contributed by atoms with Crippen molar-refractivity contribution in [2.75, 3.05) is 31.9 Å². The first kappa shape index (κ1) is 27.5. The van der Waals surface area contributed by atoms with E-state index in [1.54, 1.807) is 34.1 Å². The van der Waals surface area contributed by atoms with Crippen molar-refractivity contribution in [1.82, 2.24) is 29.9 Å². The summed E-state index contributed by atoms with van der Waals surface area (Å²) in [5, 5.41) is 7.17. The molecule has 2 aliphatic heterocycles. The Morgan fingerprint density at radius 2 is 1.79 bits per heavy atom. The number of nitrogens with two attached hydrogens (primary N) is 1. The van der Waals surface area contributed by atoms with E-state index >= 15 is 0 Å². The van der Waals surface area contributed by atoms with E-state index in [1.807, 2.05) is 31.4 Å². The monoisotopic (exact) mass is 565 g/mol. The van der Waals surface area contributed by atoms with E-state index in [0.29, 0.717) is 30.8 Å². The molecule has 4 heterocycles. The number of aromatic nitrogens is 3. The highest BCUT2D eigenvalue weighted by Crippen LogP contribution is 2.26. The van der Waals surface area contributed by atoms with Gasteiger partial charge in [-0.15, -0.1) is 0 Å². The highest BCUT2D eigenvalue weighted by atomic mass is 16.6. The first-order chi connectivity index (χ1) is 20.4. The topological polar surface area (TPSA) is 119 Å². The number of pyridine rings is 1. The molecule has 216 valence electrons. The molecule has 4 aromatic rings. The standard InChI is InChI=1S/C32H35N7O3/c1-37-20-26(18-35-37)25-16-29(30(33)34-17-25)31(40)36-27-11-14-39(21-27)32(41)42-28-6-4-5-24(15-28)23-9-7-22(8-10-23)19-38-12-2-3-13-38/h4-10,15-18,20,27H,2-3,11-14,19,21H2,1H3,(H2,33,34)(H,36,40)/t27-/m1/s1. The van der Waals surface area contributed by atoms with E-state index in [-0.39, 0.29) is 17.8 Å². The summed E-state index contributed by atoms with van der Waals surface area (Å²) in [5.74, 6) is 0.304. The smallest absolute Gasteiger partial charge is 0.410 e. The summed E-state index contributed by atoms with van der Waals surface area (Å²) in [6.45, 7) is 4.15. The molecule has 0 spiro atoms. The largest absolute Gasteiger partial charge is 0.415 e. The Morgan fingerprint density at radius 1 is 0.976 bits per heavy atom. The predicted octanol–water partition coefficient (Wildman–Crippen LogP) is 4.33. The second-order valence-electron chi connectivity index (χ2n) is 11.0. The fourth-order valence-electron chi connectivity index (χ4n) is 5.60. The molecule has 2 amide bonds. The van der Waals surface area contributed by atoms with Gasteiger partial charge in [0.15, 0.2) is 0 Å². The highest BCUT2D eigenvalue weighted by Gasteiger charge is 2.29. The van der Waals surface area contributed by atoms with Gasteiger partial charge in [-0.05, 0) is 67.2 Å². The number of hydrogen-bond acceptors (Lipinski definition) is 7. The first-order valence-corrected chi connectivity index (χ1v) is 14.4. The van der Waals surface area contributed by atoms with Gasteiger partial charge < -0.3 is 20.7 Å². The Morgan fingerprint density at radius 3 is 2.55 bits per heavy atom. The summed E-state index contributed by atoms with van der Waals surface area (Å²) in [4.78, 5) is 34.3. The van der Waals surface area contributed by atoms with Crippen LogP contribution in [0.1, 0.15) is 35.2 Å². The first-order valence-electron chi connectivity index (χ1n) is 14.4. The number of carbonyl (C=O) groups is 2. The molecule has 0 bridgehead atoms. The molecular weight excluding hydrogens is 530 g/mol. The van der Waals surface area contributed by atoms with Gasteiger partial charge in [-0.2, -0.15) is 5.10 Å². The molecule has 2 aliphatic rings. The average molecular weight is 566 g/mol. The molecular formula is C32H35N7O3. The van der Waals surface area contributed by atoms with Gasteiger partial charge in [0.2, 0.25) is 0 Å². The summed E-state index contributed by atoms with van der Waals surface area (Å²) in [6, 6.07) is 17.6. The van der Waals surface area contributed by atoms with Crippen LogP contribution in [0.5, 0.6) is 5.75 Å². The van der Waals surface area contributed by atoms with Gasteiger partial charge in [0.25, 0.3) is 5.91 Å². The number of benzene rings is 2. The third kappa shape index (κ3) is 6.28. The van der Waals surface area contributed by atoms with Crippen LogP contribution in [0.3, 0.4) is 0 Å². The number of hydrogen-bond donors (Lipinski definition) is 2. The molecule has 2 aromatic heterocycles. The van der Waals surface area contributed by atoms with E-state index < -0.39 is 6.09 Å². The Balaban J connectivity index is 1.04. The third-order valence-electron chi connectivity index (χ3n) is 7.91. The van der Waals surface area contributed by atoms with Gasteiger partial charge in [0, 0.05) is 56.2 Å². The number of nitrogens with zero attached hydrogens (tertiary/aromatic N) is 5. The Bertz CT molecular complexity index is 1580. The van der Waals surface area contributed by atoms with Crippen molar-refractivity contribution in [3.05, 3.63) is 84.3 Å². The molecule has 0 aliphatic carbocycles. The molecule has 1 atom stereocenters. The molecule has 0 saturated carbocycles. The predicted molar refractivity (Wildman–Crippen MR) is 161 cm³/mol. The third-order valence-corrected chi connectivity index (χ3v) is 7.91. The van der Waals surface area contributed by atoms with E-state index in [2.05, 4.69) is 44.6 Å². The lowest BCUT2D eigenvalue weighted by atomic mass is 10.0. The van der Waals surface area contributed by atoms with Crippen molar-refractivity contribution in [2.24, 2.45) is 7.05 Å². The van der Waals surface area contributed by atoms with Gasteiger partial charge in [-0.1, -0.05) is 36.4 Å². The van der Waals surface area contributed by atoms with Crippen molar-refractivity contribution >= 4 is 17.8 Å². The molecule has 2 saturated heterocycles. The number of amides is 2. The maximum atomic E-state index is 13.1. The van der Waals surface area contributed by atoms with E-state index in [9.17, 15) is 9.59 Å². The number of likely N-dealkylation sites (tertiary alicyclic amines) is 2. The molecule has 6 rings (SSSR count). The van der Waals surface area contributed by atoms with Crippen LogP contribution in [0.2, 0.25) is 0 Å². The van der Waals surface area contributed by atoms with E-state index in [0.717, 1.165) is 28.8 Å². The second-order valence-corrected chi connectivity index (χ2v) is 11.0. The lowest BCUT2D eigenvalue weighted by Gasteiger charge is -2.17. The highest BCUT2D eigenvalue weighted by molar-refractivity contribution is 5.99. The summed E-state index contributed by atoms with van der Waals surface area (Å²) >= 11 is 0. The Labute approximate surface area is 245 Å². The number of ether oxygens (including phenoxy) is 1. The van der Waals surface area contributed by atoms with Crippen LogP contribution in [0.25, 0.3) is 22.3 Å². The van der Waals surface area contributed by atoms with Crippen molar-refractivity contribution in [2.45, 2.75) is 31.8 Å². The summed E-state index contributed by atoms with van der Waals surface area (Å²) < 4.78 is 7.41. The van der Waals surface area contributed by atoms with Crippen LogP contribution in [0.4, 0.5) is 10.6 Å². The van der Waals surface area contributed by atoms with Crippen molar-refractivity contribution in [3.8, 4) is 28.0 Å². The minimum Gasteiger partial charge on any atom is -0.410 e. The quantitative estimate of drug-likeness (QED) is 0.342. The van der Waals surface area contributed by atoms with Gasteiger partial charge >= 0.3 is 6.09 Å². The van der Waals surface area contributed by atoms with Crippen LogP contribution in [-0.4, -0.2) is 68.8 Å². The van der Waals surface area contributed by atoms with Crippen LogP contribution < -0.4 is 15.8 Å². The molecule has 10 heteroatoms. The molecule has 2 fully saturated rings. The molecule has 0 unspecified atom stereocenters. The number of nitrogens with one attached hydrogen (secondary N) is 1. The van der Waals surface area contributed by atoms with Crippen LogP contribution >= 0.6 is 0 Å². The summed E-state index contributed by atoms with van der Waals surface area (Å²) in [7, 11) is 1.82. The van der Waals surface area contributed by atoms with Crippen molar-refractivity contribution < 1.29 is 14.3 Å². The zero-order valence-electron chi connectivity index (χ0n) is 23.7. The maximum absolute atomic E-state index is 13.1.